The Balaban J connectivity index is 1.50. The molecule has 0 radical (unpaired) electrons. The minimum absolute atomic E-state index is 0.0527. The fourth-order valence-corrected chi connectivity index (χ4v) is 9.20. The first-order valence-electron chi connectivity index (χ1n) is 13.0. The quantitative estimate of drug-likeness (QED) is 0.338. The van der Waals surface area contributed by atoms with Crippen LogP contribution in [0.5, 0.6) is 0 Å². The molecular formula is C31H26Cl2N2O2S. The van der Waals surface area contributed by atoms with Crippen LogP contribution >= 0.6 is 35.0 Å². The van der Waals surface area contributed by atoms with E-state index in [0.29, 0.717) is 28.8 Å². The number of benzene rings is 3. The zero-order chi connectivity index (χ0) is 26.1. The summed E-state index contributed by atoms with van der Waals surface area (Å²) in [7, 11) is 0. The number of rotatable bonds is 2. The second kappa shape index (κ2) is 8.99. The van der Waals surface area contributed by atoms with Crippen LogP contribution in [-0.2, 0) is 15.1 Å². The number of carbonyl (C=O) groups is 2. The summed E-state index contributed by atoms with van der Waals surface area (Å²) < 4.78 is 0. The number of fused-ring (bicyclic) bond motifs is 5. The predicted octanol–water partition coefficient (Wildman–Crippen LogP) is 7.14. The summed E-state index contributed by atoms with van der Waals surface area (Å²) in [6, 6.07) is 23.5. The lowest BCUT2D eigenvalue weighted by Crippen LogP contribution is -2.60. The van der Waals surface area contributed by atoms with Gasteiger partial charge in [-0.3, -0.25) is 14.5 Å². The summed E-state index contributed by atoms with van der Waals surface area (Å²) >= 11 is 14.3. The number of Topliss-reactive ketones (excluding diaryl/α,β-unsaturated/α-hetero) is 1. The van der Waals surface area contributed by atoms with Crippen molar-refractivity contribution in [2.45, 2.75) is 36.8 Å². The average molecular weight is 562 g/mol. The molecule has 3 aromatic carbocycles. The van der Waals surface area contributed by atoms with E-state index in [0.717, 1.165) is 40.1 Å². The lowest BCUT2D eigenvalue weighted by molar-refractivity contribution is -0.145. The molecule has 1 aliphatic carbocycles. The molecule has 0 unspecified atom stereocenters. The summed E-state index contributed by atoms with van der Waals surface area (Å²) in [4.78, 5) is 31.8. The molecule has 3 aliphatic heterocycles. The van der Waals surface area contributed by atoms with E-state index < -0.39 is 11.0 Å². The van der Waals surface area contributed by atoms with Crippen LogP contribution in [0.1, 0.15) is 41.9 Å². The van der Waals surface area contributed by atoms with Crippen LogP contribution < -0.4 is 5.32 Å². The molecule has 7 rings (SSSR count). The number of hydrogen-bond acceptors (Lipinski definition) is 4. The number of nitrogens with zero attached hydrogens (tertiary/aromatic N) is 1. The van der Waals surface area contributed by atoms with Gasteiger partial charge in [0.05, 0.1) is 5.41 Å². The number of nitrogens with one attached hydrogen (secondary N) is 1. The van der Waals surface area contributed by atoms with E-state index in [1.807, 2.05) is 78.5 Å². The average Bonchev–Trinajstić information content (AvgIpc) is 3.57. The predicted molar refractivity (Wildman–Crippen MR) is 155 cm³/mol. The van der Waals surface area contributed by atoms with E-state index in [2.05, 4.69) is 22.3 Å². The highest BCUT2D eigenvalue weighted by molar-refractivity contribution is 7.99. The molecule has 3 aromatic rings. The molecule has 4 atom stereocenters. The lowest BCUT2D eigenvalue weighted by Gasteiger charge is -2.49. The highest BCUT2D eigenvalue weighted by Gasteiger charge is 2.77. The maximum absolute atomic E-state index is 15.1. The second-order valence-corrected chi connectivity index (χ2v) is 12.5. The molecule has 38 heavy (non-hydrogen) atoms. The van der Waals surface area contributed by atoms with Gasteiger partial charge in [0, 0.05) is 44.9 Å². The fourth-order valence-electron chi connectivity index (χ4n) is 7.65. The zero-order valence-electron chi connectivity index (χ0n) is 20.6. The third kappa shape index (κ3) is 3.22. The molecule has 1 amide bonds. The van der Waals surface area contributed by atoms with Crippen LogP contribution in [0.2, 0.25) is 10.0 Å². The van der Waals surface area contributed by atoms with Gasteiger partial charge in [-0.1, -0.05) is 65.7 Å². The van der Waals surface area contributed by atoms with Gasteiger partial charge < -0.3 is 5.32 Å². The summed E-state index contributed by atoms with van der Waals surface area (Å²) in [6.45, 7) is 0. The van der Waals surface area contributed by atoms with Crippen molar-refractivity contribution < 1.29 is 9.59 Å². The van der Waals surface area contributed by atoms with Gasteiger partial charge in [0.2, 0.25) is 0 Å². The Morgan fingerprint density at radius 1 is 0.947 bits per heavy atom. The molecule has 192 valence electrons. The summed E-state index contributed by atoms with van der Waals surface area (Å²) in [5, 5.41) is 4.51. The van der Waals surface area contributed by atoms with Gasteiger partial charge in [0.25, 0.3) is 5.91 Å². The van der Waals surface area contributed by atoms with Crippen molar-refractivity contribution in [3.8, 4) is 0 Å². The van der Waals surface area contributed by atoms with Crippen LogP contribution in [0.4, 0.5) is 5.69 Å². The second-order valence-electron chi connectivity index (χ2n) is 10.7. The highest BCUT2D eigenvalue weighted by Crippen LogP contribution is 2.70. The molecule has 1 N–H and O–H groups in total. The molecule has 0 bridgehead atoms. The number of para-hydroxylation sites is 1. The van der Waals surface area contributed by atoms with E-state index >= 15 is 4.79 Å². The SMILES string of the molecule is O=C1Nc2ccccc2[C@]12N1CSC[C@H]1[C@H](c1ccc(Cl)cc1)[C@]21CCC/C(=C\c2ccc(Cl)cc2)C1=O. The fraction of sp³-hybridized carbons (Fsp3) is 0.290. The normalized spacial score (nSPS) is 31.3. The largest absolute Gasteiger partial charge is 0.324 e. The van der Waals surface area contributed by atoms with Gasteiger partial charge in [-0.25, -0.2) is 0 Å². The molecule has 2 spiro atoms. The van der Waals surface area contributed by atoms with Gasteiger partial charge in [-0.15, -0.1) is 11.8 Å². The van der Waals surface area contributed by atoms with Crippen molar-refractivity contribution in [1.29, 1.82) is 0 Å². The molecule has 3 heterocycles. The Bertz CT molecular complexity index is 1490. The van der Waals surface area contributed by atoms with Crippen LogP contribution in [0.25, 0.3) is 6.08 Å². The van der Waals surface area contributed by atoms with E-state index in [1.165, 1.54) is 0 Å². The Morgan fingerprint density at radius 2 is 1.66 bits per heavy atom. The molecule has 3 fully saturated rings. The highest BCUT2D eigenvalue weighted by atomic mass is 35.5. The summed E-state index contributed by atoms with van der Waals surface area (Å²) in [5.74, 6) is 1.44. The van der Waals surface area contributed by atoms with Gasteiger partial charge in [0.1, 0.15) is 5.54 Å². The Labute approximate surface area is 236 Å². The van der Waals surface area contributed by atoms with Crippen LogP contribution in [0, 0.1) is 5.41 Å². The molecule has 1 saturated carbocycles. The van der Waals surface area contributed by atoms with Crippen molar-refractivity contribution in [2.24, 2.45) is 5.41 Å². The molecule has 4 aliphatic rings. The molecular weight excluding hydrogens is 535 g/mol. The van der Waals surface area contributed by atoms with E-state index in [9.17, 15) is 4.79 Å². The number of ketones is 1. The van der Waals surface area contributed by atoms with Gasteiger partial charge in [-0.2, -0.15) is 0 Å². The van der Waals surface area contributed by atoms with E-state index in [4.69, 9.17) is 23.2 Å². The summed E-state index contributed by atoms with van der Waals surface area (Å²) in [5.41, 5.74) is 2.52. The molecule has 0 aromatic heterocycles. The number of amides is 1. The molecule has 2 saturated heterocycles. The minimum atomic E-state index is -1.07. The Morgan fingerprint density at radius 3 is 2.42 bits per heavy atom. The van der Waals surface area contributed by atoms with Crippen molar-refractivity contribution >= 4 is 58.4 Å². The number of hydrogen-bond donors (Lipinski definition) is 1. The lowest BCUT2D eigenvalue weighted by atomic mass is 9.53. The first-order chi connectivity index (χ1) is 18.5. The first kappa shape index (κ1) is 24.5. The van der Waals surface area contributed by atoms with Crippen LogP contribution in [0.15, 0.2) is 78.4 Å². The number of halogens is 2. The number of carbonyl (C=O) groups excluding carboxylic acids is 2. The molecule has 4 nitrogen and oxygen atoms in total. The van der Waals surface area contributed by atoms with E-state index in [1.54, 1.807) is 0 Å². The number of allylic oxidation sites excluding steroid dienone is 1. The Kier molecular flexibility index (Phi) is 5.79. The number of anilines is 1. The van der Waals surface area contributed by atoms with Crippen molar-refractivity contribution in [3.63, 3.8) is 0 Å². The monoisotopic (exact) mass is 560 g/mol. The van der Waals surface area contributed by atoms with Gasteiger partial charge in [0.15, 0.2) is 5.78 Å². The van der Waals surface area contributed by atoms with Gasteiger partial charge >= 0.3 is 0 Å². The van der Waals surface area contributed by atoms with E-state index in [-0.39, 0.29) is 23.7 Å². The van der Waals surface area contributed by atoms with Crippen LogP contribution in [0.3, 0.4) is 0 Å². The third-order valence-electron chi connectivity index (χ3n) is 8.96. The minimum Gasteiger partial charge on any atom is -0.324 e. The van der Waals surface area contributed by atoms with Crippen molar-refractivity contribution in [1.82, 2.24) is 4.90 Å². The Hall–Kier alpha value is -2.57. The van der Waals surface area contributed by atoms with Crippen LogP contribution in [-0.4, -0.2) is 34.3 Å². The first-order valence-corrected chi connectivity index (χ1v) is 14.9. The maximum Gasteiger partial charge on any atom is 0.250 e. The molecule has 7 heteroatoms. The number of thioether (sulfide) groups is 1. The van der Waals surface area contributed by atoms with Crippen molar-refractivity contribution in [3.05, 3.63) is 105 Å². The topological polar surface area (TPSA) is 49.4 Å². The van der Waals surface area contributed by atoms with Gasteiger partial charge in [-0.05, 0) is 72.4 Å². The third-order valence-corrected chi connectivity index (χ3v) is 10.5. The smallest absolute Gasteiger partial charge is 0.250 e. The summed E-state index contributed by atoms with van der Waals surface area (Å²) in [6.07, 6.45) is 4.18. The zero-order valence-corrected chi connectivity index (χ0v) is 23.0. The maximum atomic E-state index is 15.1. The van der Waals surface area contributed by atoms with Crippen molar-refractivity contribution in [2.75, 3.05) is 16.9 Å². The standard InChI is InChI=1S/C31H26Cl2N2O2S/c32-22-11-7-19(8-12-22)16-21-4-3-15-30(28(21)36)27(20-9-13-23(33)14-10-20)26-17-38-18-35(26)31(30)24-5-1-2-6-25(24)34-29(31)37/h1-2,5-14,16,26-27H,3-4,15,17-18H2,(H,34,37)/b21-16+/t26-,27-,30-,31-/m0/s1.